The summed E-state index contributed by atoms with van der Waals surface area (Å²) in [4.78, 5) is 20.7. The van der Waals surface area contributed by atoms with Crippen LogP contribution in [0.25, 0.3) is 21.9 Å². The fourth-order valence-corrected chi connectivity index (χ4v) is 2.53. The maximum absolute atomic E-state index is 6.07. The first-order chi connectivity index (χ1) is 10.3. The highest BCUT2D eigenvalue weighted by Gasteiger charge is 2.09. The van der Waals surface area contributed by atoms with Gasteiger partial charge in [0.15, 0.2) is 0 Å². The van der Waals surface area contributed by atoms with Crippen LogP contribution < -0.4 is 0 Å². The summed E-state index contributed by atoms with van der Waals surface area (Å²) in [5.74, 6) is 0.833. The van der Waals surface area contributed by atoms with Gasteiger partial charge in [0.05, 0.1) is 28.4 Å². The summed E-state index contributed by atoms with van der Waals surface area (Å²) in [6.07, 6.45) is 7.46. The van der Waals surface area contributed by atoms with Crippen LogP contribution in [0.15, 0.2) is 43.0 Å². The van der Waals surface area contributed by atoms with Crippen LogP contribution in [0.3, 0.4) is 0 Å². The van der Waals surface area contributed by atoms with Gasteiger partial charge >= 0.3 is 0 Å². The van der Waals surface area contributed by atoms with Gasteiger partial charge in [-0.3, -0.25) is 15.0 Å². The van der Waals surface area contributed by atoms with Gasteiger partial charge in [0.1, 0.15) is 5.82 Å². The first-order valence-corrected chi connectivity index (χ1v) is 6.85. The Morgan fingerprint density at radius 2 is 2.05 bits per heavy atom. The molecule has 0 saturated carbocycles. The van der Waals surface area contributed by atoms with Crippen molar-refractivity contribution in [3.05, 3.63) is 59.5 Å². The van der Waals surface area contributed by atoms with E-state index in [1.54, 1.807) is 24.8 Å². The summed E-state index contributed by atoms with van der Waals surface area (Å²) in [5, 5.41) is 1.62. The molecule has 0 atom stereocenters. The number of rotatable bonds is 2. The number of halogens is 1. The molecule has 0 radical (unpaired) electrons. The molecule has 0 aliphatic rings. The Balaban J connectivity index is 1.86. The molecular weight excluding hydrogens is 286 g/mol. The molecule has 0 bridgehead atoms. The number of imidazole rings is 1. The van der Waals surface area contributed by atoms with Gasteiger partial charge in [0.25, 0.3) is 0 Å². The van der Waals surface area contributed by atoms with E-state index in [2.05, 4.69) is 24.9 Å². The van der Waals surface area contributed by atoms with Crippen molar-refractivity contribution in [3.63, 3.8) is 0 Å². The van der Waals surface area contributed by atoms with Crippen LogP contribution in [-0.4, -0.2) is 24.9 Å². The Kier molecular flexibility index (Phi) is 2.79. The van der Waals surface area contributed by atoms with Crippen LogP contribution in [0.5, 0.6) is 0 Å². The molecule has 0 aliphatic heterocycles. The highest BCUT2D eigenvalue weighted by Crippen LogP contribution is 2.25. The monoisotopic (exact) mass is 295 g/mol. The van der Waals surface area contributed by atoms with E-state index in [-0.39, 0.29) is 0 Å². The summed E-state index contributed by atoms with van der Waals surface area (Å²) >= 11 is 6.07. The molecule has 0 spiro atoms. The quantitative estimate of drug-likeness (QED) is 0.617. The predicted molar refractivity (Wildman–Crippen MR) is 81.2 cm³/mol. The zero-order valence-corrected chi connectivity index (χ0v) is 11.7. The van der Waals surface area contributed by atoms with E-state index in [1.807, 2.05) is 18.2 Å². The van der Waals surface area contributed by atoms with Gasteiger partial charge in [-0.25, -0.2) is 4.98 Å². The van der Waals surface area contributed by atoms with Crippen molar-refractivity contribution in [2.24, 2.45) is 0 Å². The van der Waals surface area contributed by atoms with Crippen LogP contribution >= 0.6 is 11.6 Å². The lowest BCUT2D eigenvalue weighted by molar-refractivity contribution is 0.964. The molecule has 6 heteroatoms. The smallest absolute Gasteiger partial charge is 0.113 e. The van der Waals surface area contributed by atoms with E-state index < -0.39 is 0 Å². The van der Waals surface area contributed by atoms with Gasteiger partial charge in [-0.1, -0.05) is 11.6 Å². The van der Waals surface area contributed by atoms with Gasteiger partial charge in [0.2, 0.25) is 0 Å². The molecule has 0 unspecified atom stereocenters. The standard InChI is InChI=1S/C15H10ClN5/c16-9-1-2-12-11(5-9)15-13(8-19-12)20-14(21-15)6-10-7-17-3-4-18-10/h1-5,7-8H,6H2,(H,20,21). The van der Waals surface area contributed by atoms with E-state index in [1.165, 1.54) is 0 Å². The third-order valence-electron chi connectivity index (χ3n) is 3.29. The second-order valence-corrected chi connectivity index (χ2v) is 5.18. The summed E-state index contributed by atoms with van der Waals surface area (Å²) in [6.45, 7) is 0. The topological polar surface area (TPSA) is 67.3 Å². The fraction of sp³-hybridized carbons (Fsp3) is 0.0667. The lowest BCUT2D eigenvalue weighted by Gasteiger charge is -1.97. The Labute approximate surface area is 125 Å². The van der Waals surface area contributed by atoms with Gasteiger partial charge in [-0.05, 0) is 18.2 Å². The second-order valence-electron chi connectivity index (χ2n) is 4.74. The molecule has 0 fully saturated rings. The average molecular weight is 296 g/mol. The van der Waals surface area contributed by atoms with Gasteiger partial charge < -0.3 is 4.98 Å². The summed E-state index contributed by atoms with van der Waals surface area (Å²) < 4.78 is 0. The van der Waals surface area contributed by atoms with Crippen molar-refractivity contribution >= 4 is 33.5 Å². The minimum absolute atomic E-state index is 0.602. The molecular formula is C15H10ClN5. The molecule has 0 saturated heterocycles. The van der Waals surface area contributed by atoms with Crippen LogP contribution in [0.2, 0.25) is 5.02 Å². The van der Waals surface area contributed by atoms with Crippen molar-refractivity contribution in [2.75, 3.05) is 0 Å². The van der Waals surface area contributed by atoms with Crippen molar-refractivity contribution < 1.29 is 0 Å². The van der Waals surface area contributed by atoms with Crippen molar-refractivity contribution in [1.82, 2.24) is 24.9 Å². The Bertz CT molecular complexity index is 933. The number of benzene rings is 1. The highest BCUT2D eigenvalue weighted by molar-refractivity contribution is 6.31. The predicted octanol–water partition coefficient (Wildman–Crippen LogP) is 3.15. The van der Waals surface area contributed by atoms with Crippen LogP contribution in [0.1, 0.15) is 11.5 Å². The van der Waals surface area contributed by atoms with Crippen molar-refractivity contribution in [2.45, 2.75) is 6.42 Å². The number of hydrogen-bond donors (Lipinski definition) is 1. The van der Waals surface area contributed by atoms with Crippen LogP contribution in [0, 0.1) is 0 Å². The number of aromatic amines is 1. The SMILES string of the molecule is Clc1ccc2ncc3[nH]c(Cc4cnccn4)nc3c2c1. The third-order valence-corrected chi connectivity index (χ3v) is 3.53. The number of fused-ring (bicyclic) bond motifs is 3. The van der Waals surface area contributed by atoms with Gasteiger partial charge in [0, 0.05) is 35.4 Å². The second kappa shape index (κ2) is 4.79. The fourth-order valence-electron chi connectivity index (χ4n) is 2.36. The summed E-state index contributed by atoms with van der Waals surface area (Å²) in [7, 11) is 0. The number of aromatic nitrogens is 5. The summed E-state index contributed by atoms with van der Waals surface area (Å²) in [5.41, 5.74) is 3.52. The van der Waals surface area contributed by atoms with E-state index in [0.717, 1.165) is 33.5 Å². The normalized spacial score (nSPS) is 11.3. The minimum atomic E-state index is 0.602. The van der Waals surface area contributed by atoms with Crippen LogP contribution in [0.4, 0.5) is 0 Å². The van der Waals surface area contributed by atoms with E-state index in [4.69, 9.17) is 11.6 Å². The molecule has 3 heterocycles. The summed E-state index contributed by atoms with van der Waals surface area (Å²) in [6, 6.07) is 5.61. The molecule has 21 heavy (non-hydrogen) atoms. The lowest BCUT2D eigenvalue weighted by Crippen LogP contribution is -1.94. The molecule has 0 aliphatic carbocycles. The van der Waals surface area contributed by atoms with E-state index in [0.29, 0.717) is 11.4 Å². The number of nitrogens with one attached hydrogen (secondary N) is 1. The molecule has 4 aromatic rings. The van der Waals surface area contributed by atoms with Crippen molar-refractivity contribution in [1.29, 1.82) is 0 Å². The highest BCUT2D eigenvalue weighted by atomic mass is 35.5. The number of nitrogens with zero attached hydrogens (tertiary/aromatic N) is 4. The maximum Gasteiger partial charge on any atom is 0.113 e. The van der Waals surface area contributed by atoms with Crippen LogP contribution in [-0.2, 0) is 6.42 Å². The molecule has 102 valence electrons. The number of pyridine rings is 1. The van der Waals surface area contributed by atoms with E-state index >= 15 is 0 Å². The molecule has 3 aromatic heterocycles. The Morgan fingerprint density at radius 1 is 1.10 bits per heavy atom. The molecule has 1 N–H and O–H groups in total. The molecule has 0 amide bonds. The van der Waals surface area contributed by atoms with Gasteiger partial charge in [-0.15, -0.1) is 0 Å². The zero-order chi connectivity index (χ0) is 14.2. The lowest BCUT2D eigenvalue weighted by atomic mass is 10.2. The Morgan fingerprint density at radius 3 is 2.90 bits per heavy atom. The largest absolute Gasteiger partial charge is 0.340 e. The molecule has 4 rings (SSSR count). The maximum atomic E-state index is 6.07. The number of H-pyrrole nitrogens is 1. The average Bonchev–Trinajstić information content (AvgIpc) is 2.91. The molecule has 1 aromatic carbocycles. The number of hydrogen-bond acceptors (Lipinski definition) is 4. The zero-order valence-electron chi connectivity index (χ0n) is 10.9. The molecule has 5 nitrogen and oxygen atoms in total. The third kappa shape index (κ3) is 2.21. The van der Waals surface area contributed by atoms with Gasteiger partial charge in [-0.2, -0.15) is 0 Å². The first kappa shape index (κ1) is 12.2. The first-order valence-electron chi connectivity index (χ1n) is 6.47. The van der Waals surface area contributed by atoms with E-state index in [9.17, 15) is 0 Å². The Hall–Kier alpha value is -2.53. The minimum Gasteiger partial charge on any atom is -0.340 e. The van der Waals surface area contributed by atoms with Crippen molar-refractivity contribution in [3.8, 4) is 0 Å².